The van der Waals surface area contributed by atoms with Crippen molar-refractivity contribution in [1.82, 2.24) is 0 Å². The average Bonchev–Trinajstić information content (AvgIpc) is 2.71. The maximum Gasteiger partial charge on any atom is 0.0102 e. The molecule has 0 saturated heterocycles. The van der Waals surface area contributed by atoms with E-state index in [1.54, 1.807) is 0 Å². The molecule has 0 amide bonds. The van der Waals surface area contributed by atoms with E-state index in [9.17, 15) is 0 Å². The summed E-state index contributed by atoms with van der Waals surface area (Å²) in [6.07, 6.45) is 2.22. The molecule has 0 saturated carbocycles. The van der Waals surface area contributed by atoms with E-state index >= 15 is 0 Å². The van der Waals surface area contributed by atoms with Gasteiger partial charge in [-0.2, -0.15) is 0 Å². The van der Waals surface area contributed by atoms with Crippen molar-refractivity contribution in [1.29, 1.82) is 0 Å². The highest BCUT2D eigenvalue weighted by Gasteiger charge is 2.27. The monoisotopic (exact) mass is 237 g/mol. The highest BCUT2D eigenvalue weighted by Crippen LogP contribution is 2.46. The summed E-state index contributed by atoms with van der Waals surface area (Å²) in [4.78, 5) is 0. The van der Waals surface area contributed by atoms with Gasteiger partial charge in [0.1, 0.15) is 0 Å². The fraction of sp³-hybridized carbons (Fsp3) is 0.294. The standard InChI is InChI=1S/C17H19N/c1-12(18)10-11-17-15-8-4-2-6-13(15)14-7-3-5-9-16(14)17/h2-9,12,17H,10-11,18H2,1H3/t12-/m0/s1. The molecular formula is C17H19N. The Balaban J connectivity index is 2.03. The van der Waals surface area contributed by atoms with Crippen molar-refractivity contribution in [3.8, 4) is 11.1 Å². The topological polar surface area (TPSA) is 26.0 Å². The van der Waals surface area contributed by atoms with Crippen LogP contribution in [0.25, 0.3) is 11.1 Å². The second-order valence-electron chi connectivity index (χ2n) is 5.28. The Hall–Kier alpha value is -1.60. The molecule has 1 nitrogen and oxygen atoms in total. The molecule has 2 aromatic carbocycles. The van der Waals surface area contributed by atoms with Crippen molar-refractivity contribution in [2.24, 2.45) is 5.73 Å². The first-order valence-corrected chi connectivity index (χ1v) is 6.71. The molecule has 1 atom stereocenters. The van der Waals surface area contributed by atoms with Gasteiger partial charge in [-0.25, -0.2) is 0 Å². The van der Waals surface area contributed by atoms with Crippen LogP contribution >= 0.6 is 0 Å². The SMILES string of the molecule is C[C@H](N)CCC1c2ccccc2-c2ccccc21. The van der Waals surface area contributed by atoms with E-state index in [1.165, 1.54) is 22.3 Å². The van der Waals surface area contributed by atoms with Crippen LogP contribution in [0.2, 0.25) is 0 Å². The van der Waals surface area contributed by atoms with Crippen LogP contribution < -0.4 is 5.73 Å². The predicted octanol–water partition coefficient (Wildman–Crippen LogP) is 3.93. The summed E-state index contributed by atoms with van der Waals surface area (Å²) in [5.74, 6) is 0.531. The highest BCUT2D eigenvalue weighted by atomic mass is 14.6. The lowest BCUT2D eigenvalue weighted by Gasteiger charge is -2.14. The van der Waals surface area contributed by atoms with Crippen molar-refractivity contribution < 1.29 is 0 Å². The Bertz CT molecular complexity index is 512. The van der Waals surface area contributed by atoms with Crippen LogP contribution in [0.5, 0.6) is 0 Å². The van der Waals surface area contributed by atoms with Gasteiger partial charge < -0.3 is 5.73 Å². The molecule has 0 unspecified atom stereocenters. The van der Waals surface area contributed by atoms with Gasteiger partial charge in [-0.15, -0.1) is 0 Å². The first kappa shape index (κ1) is 11.5. The molecule has 1 aliphatic rings. The zero-order valence-electron chi connectivity index (χ0n) is 10.8. The van der Waals surface area contributed by atoms with Gasteiger partial charge >= 0.3 is 0 Å². The third-order valence-corrected chi connectivity index (χ3v) is 3.87. The molecule has 0 bridgehead atoms. The Labute approximate surface area is 109 Å². The van der Waals surface area contributed by atoms with Crippen molar-refractivity contribution in [3.05, 3.63) is 59.7 Å². The molecule has 0 fully saturated rings. The van der Waals surface area contributed by atoms with Gasteiger partial charge in [-0.1, -0.05) is 48.5 Å². The van der Waals surface area contributed by atoms with Gasteiger partial charge in [0.15, 0.2) is 0 Å². The van der Waals surface area contributed by atoms with Gasteiger partial charge in [0.05, 0.1) is 0 Å². The quantitative estimate of drug-likeness (QED) is 0.860. The minimum atomic E-state index is 0.282. The molecule has 2 aromatic rings. The molecule has 0 aliphatic heterocycles. The maximum atomic E-state index is 5.91. The molecule has 1 aliphatic carbocycles. The lowest BCUT2D eigenvalue weighted by atomic mass is 9.91. The minimum Gasteiger partial charge on any atom is -0.328 e. The highest BCUT2D eigenvalue weighted by molar-refractivity contribution is 5.78. The number of benzene rings is 2. The van der Waals surface area contributed by atoms with Crippen LogP contribution in [0.3, 0.4) is 0 Å². The molecular weight excluding hydrogens is 218 g/mol. The number of rotatable bonds is 3. The molecule has 0 spiro atoms. The van der Waals surface area contributed by atoms with E-state index in [4.69, 9.17) is 5.73 Å². The molecule has 0 heterocycles. The van der Waals surface area contributed by atoms with Crippen LogP contribution in [0, 0.1) is 0 Å². The Kier molecular flexibility index (Phi) is 2.92. The third kappa shape index (κ3) is 1.85. The molecule has 92 valence electrons. The normalized spacial score (nSPS) is 15.2. The molecule has 3 rings (SSSR count). The van der Waals surface area contributed by atoms with Gasteiger partial charge in [0.25, 0.3) is 0 Å². The first-order valence-electron chi connectivity index (χ1n) is 6.71. The lowest BCUT2D eigenvalue weighted by Crippen LogP contribution is -2.15. The fourth-order valence-electron chi connectivity index (χ4n) is 3.00. The minimum absolute atomic E-state index is 0.282. The molecule has 1 heteroatoms. The molecule has 18 heavy (non-hydrogen) atoms. The summed E-state index contributed by atoms with van der Waals surface area (Å²) in [6.45, 7) is 2.09. The zero-order valence-corrected chi connectivity index (χ0v) is 10.8. The molecule has 0 radical (unpaired) electrons. The molecule has 2 N–H and O–H groups in total. The van der Waals surface area contributed by atoms with Gasteiger partial charge in [0.2, 0.25) is 0 Å². The summed E-state index contributed by atoms with van der Waals surface area (Å²) >= 11 is 0. The predicted molar refractivity (Wildman–Crippen MR) is 76.6 cm³/mol. The van der Waals surface area contributed by atoms with Crippen molar-refractivity contribution in [3.63, 3.8) is 0 Å². The van der Waals surface area contributed by atoms with E-state index in [2.05, 4.69) is 55.5 Å². The second-order valence-corrected chi connectivity index (χ2v) is 5.28. The number of fused-ring (bicyclic) bond motifs is 3. The maximum absolute atomic E-state index is 5.91. The number of hydrogen-bond donors (Lipinski definition) is 1. The van der Waals surface area contributed by atoms with Gasteiger partial charge in [0, 0.05) is 12.0 Å². The summed E-state index contributed by atoms with van der Waals surface area (Å²) in [5, 5.41) is 0. The van der Waals surface area contributed by atoms with E-state index in [-0.39, 0.29) is 6.04 Å². The smallest absolute Gasteiger partial charge is 0.0102 e. The van der Waals surface area contributed by atoms with Gasteiger partial charge in [-0.05, 0) is 42.0 Å². The average molecular weight is 237 g/mol. The van der Waals surface area contributed by atoms with E-state index in [0.29, 0.717) is 5.92 Å². The zero-order chi connectivity index (χ0) is 12.5. The second kappa shape index (κ2) is 4.58. The number of hydrogen-bond acceptors (Lipinski definition) is 1. The lowest BCUT2D eigenvalue weighted by molar-refractivity contribution is 0.591. The first-order chi connectivity index (χ1) is 8.77. The van der Waals surface area contributed by atoms with Crippen LogP contribution in [0.4, 0.5) is 0 Å². The number of nitrogens with two attached hydrogens (primary N) is 1. The van der Waals surface area contributed by atoms with Crippen molar-refractivity contribution in [2.75, 3.05) is 0 Å². The Morgan fingerprint density at radius 2 is 1.44 bits per heavy atom. The van der Waals surface area contributed by atoms with Crippen molar-refractivity contribution in [2.45, 2.75) is 31.7 Å². The summed E-state index contributed by atoms with van der Waals surface area (Å²) in [7, 11) is 0. The van der Waals surface area contributed by atoms with E-state index in [0.717, 1.165) is 12.8 Å². The van der Waals surface area contributed by atoms with Crippen molar-refractivity contribution >= 4 is 0 Å². The van der Waals surface area contributed by atoms with Gasteiger partial charge in [-0.3, -0.25) is 0 Å². The van der Waals surface area contributed by atoms with E-state index in [1.807, 2.05) is 0 Å². The molecule has 0 aromatic heterocycles. The van der Waals surface area contributed by atoms with Crippen LogP contribution in [0.15, 0.2) is 48.5 Å². The van der Waals surface area contributed by atoms with E-state index < -0.39 is 0 Å². The summed E-state index contributed by atoms with van der Waals surface area (Å²) in [5.41, 5.74) is 11.7. The third-order valence-electron chi connectivity index (χ3n) is 3.87. The van der Waals surface area contributed by atoms with Crippen LogP contribution in [-0.2, 0) is 0 Å². The summed E-state index contributed by atoms with van der Waals surface area (Å²) in [6, 6.07) is 17.8. The Morgan fingerprint density at radius 3 is 1.94 bits per heavy atom. The summed E-state index contributed by atoms with van der Waals surface area (Å²) < 4.78 is 0. The largest absolute Gasteiger partial charge is 0.328 e. The van der Waals surface area contributed by atoms with Crippen LogP contribution in [-0.4, -0.2) is 6.04 Å². The van der Waals surface area contributed by atoms with Crippen LogP contribution in [0.1, 0.15) is 36.8 Å². The fourth-order valence-corrected chi connectivity index (χ4v) is 3.00. The Morgan fingerprint density at radius 1 is 0.944 bits per heavy atom.